The van der Waals surface area contributed by atoms with Crippen molar-refractivity contribution in [1.82, 2.24) is 0 Å². The van der Waals surface area contributed by atoms with E-state index < -0.39 is 10.8 Å². The summed E-state index contributed by atoms with van der Waals surface area (Å²) < 4.78 is 12.2. The first-order valence-corrected chi connectivity index (χ1v) is 7.92. The van der Waals surface area contributed by atoms with E-state index in [0.29, 0.717) is 16.1 Å². The lowest BCUT2D eigenvalue weighted by Crippen LogP contribution is -2.11. The molecule has 0 fully saturated rings. The van der Waals surface area contributed by atoms with E-state index in [9.17, 15) is 9.00 Å². The summed E-state index contributed by atoms with van der Waals surface area (Å²) in [6.45, 7) is 0. The average molecular weight is 338 g/mol. The zero-order valence-electron chi connectivity index (χ0n) is 10.2. The highest BCUT2D eigenvalue weighted by Gasteiger charge is 2.07. The standard InChI is InChI=1S/C14H12BrNO2S/c1-19(18)13-7-3-6-12(9-13)16-14(17)10-4-2-5-11(15)8-10/h2-9H,1H3,(H,16,17). The van der Waals surface area contributed by atoms with E-state index in [1.54, 1.807) is 48.7 Å². The lowest BCUT2D eigenvalue weighted by Gasteiger charge is -2.06. The fourth-order valence-electron chi connectivity index (χ4n) is 1.59. The minimum Gasteiger partial charge on any atom is -0.322 e. The second kappa shape index (κ2) is 6.12. The second-order valence-electron chi connectivity index (χ2n) is 3.95. The molecule has 2 aromatic carbocycles. The summed E-state index contributed by atoms with van der Waals surface area (Å²) in [6.07, 6.45) is 1.61. The third-order valence-corrected chi connectivity index (χ3v) is 3.92. The van der Waals surface area contributed by atoms with Crippen LogP contribution in [0.25, 0.3) is 0 Å². The van der Waals surface area contributed by atoms with Gasteiger partial charge in [0.2, 0.25) is 0 Å². The average Bonchev–Trinajstić information content (AvgIpc) is 2.39. The third kappa shape index (κ3) is 3.75. The van der Waals surface area contributed by atoms with Crippen LogP contribution < -0.4 is 5.32 Å². The number of carbonyl (C=O) groups is 1. The van der Waals surface area contributed by atoms with Gasteiger partial charge < -0.3 is 5.32 Å². The van der Waals surface area contributed by atoms with E-state index >= 15 is 0 Å². The molecule has 19 heavy (non-hydrogen) atoms. The zero-order chi connectivity index (χ0) is 13.8. The van der Waals surface area contributed by atoms with Gasteiger partial charge in [-0.3, -0.25) is 9.00 Å². The fourth-order valence-corrected chi connectivity index (χ4v) is 2.55. The number of nitrogens with one attached hydrogen (secondary N) is 1. The molecule has 1 unspecified atom stereocenters. The topological polar surface area (TPSA) is 46.2 Å². The third-order valence-electron chi connectivity index (χ3n) is 2.51. The molecular formula is C14H12BrNO2S. The van der Waals surface area contributed by atoms with E-state index in [1.165, 1.54) is 0 Å². The monoisotopic (exact) mass is 337 g/mol. The van der Waals surface area contributed by atoms with Gasteiger partial charge in [-0.2, -0.15) is 0 Å². The number of halogens is 1. The van der Waals surface area contributed by atoms with Gasteiger partial charge in [0.05, 0.1) is 0 Å². The Kier molecular flexibility index (Phi) is 4.50. The maximum absolute atomic E-state index is 12.0. The summed E-state index contributed by atoms with van der Waals surface area (Å²) >= 11 is 3.33. The van der Waals surface area contributed by atoms with Crippen molar-refractivity contribution in [2.45, 2.75) is 4.90 Å². The van der Waals surface area contributed by atoms with Crippen molar-refractivity contribution >= 4 is 38.3 Å². The Morgan fingerprint density at radius 3 is 2.58 bits per heavy atom. The van der Waals surface area contributed by atoms with E-state index in [2.05, 4.69) is 21.2 Å². The van der Waals surface area contributed by atoms with Gasteiger partial charge in [-0.1, -0.05) is 28.1 Å². The molecule has 0 aliphatic carbocycles. The summed E-state index contributed by atoms with van der Waals surface area (Å²) in [5, 5.41) is 2.79. The van der Waals surface area contributed by atoms with Crippen molar-refractivity contribution < 1.29 is 9.00 Å². The molecule has 0 spiro atoms. The predicted octanol–water partition coefficient (Wildman–Crippen LogP) is 3.44. The molecule has 1 N–H and O–H groups in total. The molecular weight excluding hydrogens is 326 g/mol. The Hall–Kier alpha value is -1.46. The molecule has 1 amide bonds. The van der Waals surface area contributed by atoms with Crippen LogP contribution in [0.3, 0.4) is 0 Å². The Morgan fingerprint density at radius 1 is 1.16 bits per heavy atom. The van der Waals surface area contributed by atoms with Gasteiger partial charge in [0.1, 0.15) is 0 Å². The normalized spacial score (nSPS) is 11.9. The number of anilines is 1. The summed E-state index contributed by atoms with van der Waals surface area (Å²) in [5.74, 6) is -0.194. The van der Waals surface area contributed by atoms with E-state index in [1.807, 2.05) is 6.07 Å². The molecule has 0 heterocycles. The Morgan fingerprint density at radius 2 is 1.89 bits per heavy atom. The van der Waals surface area contributed by atoms with Crippen LogP contribution in [0, 0.1) is 0 Å². The van der Waals surface area contributed by atoms with Crippen LogP contribution in [-0.4, -0.2) is 16.4 Å². The van der Waals surface area contributed by atoms with Crippen molar-refractivity contribution in [3.8, 4) is 0 Å². The van der Waals surface area contributed by atoms with Crippen LogP contribution in [-0.2, 0) is 10.8 Å². The summed E-state index contributed by atoms with van der Waals surface area (Å²) in [6, 6.07) is 14.2. The van der Waals surface area contributed by atoms with Crippen LogP contribution >= 0.6 is 15.9 Å². The first-order chi connectivity index (χ1) is 9.06. The van der Waals surface area contributed by atoms with Gasteiger partial charge in [-0.15, -0.1) is 0 Å². The van der Waals surface area contributed by atoms with Crippen molar-refractivity contribution in [2.24, 2.45) is 0 Å². The van der Waals surface area contributed by atoms with Gasteiger partial charge in [0.15, 0.2) is 0 Å². The highest BCUT2D eigenvalue weighted by atomic mass is 79.9. The molecule has 1 atom stereocenters. The largest absolute Gasteiger partial charge is 0.322 e. The SMILES string of the molecule is CS(=O)c1cccc(NC(=O)c2cccc(Br)c2)c1. The Bertz CT molecular complexity index is 643. The fraction of sp³-hybridized carbons (Fsp3) is 0.0714. The molecule has 0 aliphatic heterocycles. The van der Waals surface area contributed by atoms with Crippen molar-refractivity contribution in [1.29, 1.82) is 0 Å². The molecule has 0 saturated carbocycles. The van der Waals surface area contributed by atoms with Crippen molar-refractivity contribution in [2.75, 3.05) is 11.6 Å². The number of carbonyl (C=O) groups excluding carboxylic acids is 1. The minimum absolute atomic E-state index is 0.194. The highest BCUT2D eigenvalue weighted by molar-refractivity contribution is 9.10. The molecule has 3 nitrogen and oxygen atoms in total. The number of benzene rings is 2. The smallest absolute Gasteiger partial charge is 0.255 e. The van der Waals surface area contributed by atoms with Gasteiger partial charge in [0.25, 0.3) is 5.91 Å². The molecule has 0 aliphatic rings. The Balaban J connectivity index is 2.19. The minimum atomic E-state index is -1.06. The summed E-state index contributed by atoms with van der Waals surface area (Å²) in [4.78, 5) is 12.7. The summed E-state index contributed by atoms with van der Waals surface area (Å²) in [7, 11) is -1.06. The van der Waals surface area contributed by atoms with Crippen LogP contribution in [0.2, 0.25) is 0 Å². The van der Waals surface area contributed by atoms with Gasteiger partial charge in [-0.05, 0) is 36.4 Å². The predicted molar refractivity (Wildman–Crippen MR) is 80.9 cm³/mol. The maximum atomic E-state index is 12.0. The molecule has 0 saturated heterocycles. The Labute approximate surface area is 122 Å². The highest BCUT2D eigenvalue weighted by Crippen LogP contribution is 2.16. The lowest BCUT2D eigenvalue weighted by atomic mass is 10.2. The van der Waals surface area contributed by atoms with Crippen molar-refractivity contribution in [3.05, 3.63) is 58.6 Å². The number of hydrogen-bond donors (Lipinski definition) is 1. The number of hydrogen-bond acceptors (Lipinski definition) is 2. The van der Waals surface area contributed by atoms with Crippen LogP contribution in [0.1, 0.15) is 10.4 Å². The number of amides is 1. The van der Waals surface area contributed by atoms with Crippen molar-refractivity contribution in [3.63, 3.8) is 0 Å². The molecule has 0 radical (unpaired) electrons. The van der Waals surface area contributed by atoms with E-state index in [0.717, 1.165) is 4.47 Å². The maximum Gasteiger partial charge on any atom is 0.255 e. The van der Waals surface area contributed by atoms with E-state index in [-0.39, 0.29) is 5.91 Å². The molecule has 98 valence electrons. The number of rotatable bonds is 3. The molecule has 2 aromatic rings. The van der Waals surface area contributed by atoms with Crippen LogP contribution in [0.15, 0.2) is 57.9 Å². The molecule has 5 heteroatoms. The summed E-state index contributed by atoms with van der Waals surface area (Å²) in [5.41, 5.74) is 1.20. The second-order valence-corrected chi connectivity index (χ2v) is 6.24. The zero-order valence-corrected chi connectivity index (χ0v) is 12.6. The van der Waals surface area contributed by atoms with Gasteiger partial charge in [0, 0.05) is 37.7 Å². The van der Waals surface area contributed by atoms with Crippen LogP contribution in [0.4, 0.5) is 5.69 Å². The van der Waals surface area contributed by atoms with Gasteiger partial charge in [-0.25, -0.2) is 0 Å². The molecule has 2 rings (SSSR count). The molecule has 0 bridgehead atoms. The lowest BCUT2D eigenvalue weighted by molar-refractivity contribution is 0.102. The van der Waals surface area contributed by atoms with E-state index in [4.69, 9.17) is 0 Å². The quantitative estimate of drug-likeness (QED) is 0.932. The van der Waals surface area contributed by atoms with Gasteiger partial charge >= 0.3 is 0 Å². The first kappa shape index (κ1) is 14.0. The first-order valence-electron chi connectivity index (χ1n) is 5.56. The van der Waals surface area contributed by atoms with Crippen LogP contribution in [0.5, 0.6) is 0 Å². The molecule has 0 aromatic heterocycles.